The number of carbonyl (C=O) groups is 2. The third-order valence-corrected chi connectivity index (χ3v) is 5.16. The van der Waals surface area contributed by atoms with Crippen molar-refractivity contribution in [3.63, 3.8) is 0 Å². The molecule has 118 valence electrons. The predicted molar refractivity (Wildman–Crippen MR) is 83.8 cm³/mol. The maximum absolute atomic E-state index is 10.4. The number of nitrogens with two attached hydrogens (primary N) is 2. The highest BCUT2D eigenvalue weighted by Gasteiger charge is 2.07. The zero-order valence-electron chi connectivity index (χ0n) is 11.5. The first-order chi connectivity index (χ1) is 9.41. The van der Waals surface area contributed by atoms with Gasteiger partial charge in [-0.05, 0) is 25.7 Å². The monoisotopic (exact) mass is 324 g/mol. The molecule has 0 saturated heterocycles. The summed E-state index contributed by atoms with van der Waals surface area (Å²) in [6.07, 6.45) is 2.88. The molecule has 0 fully saturated rings. The molecule has 6 N–H and O–H groups in total. The van der Waals surface area contributed by atoms with E-state index in [1.807, 2.05) is 0 Å². The second-order valence-corrected chi connectivity index (χ2v) is 7.31. The summed E-state index contributed by atoms with van der Waals surface area (Å²) >= 11 is 0. The summed E-state index contributed by atoms with van der Waals surface area (Å²) in [5.74, 6) is 0.154. The van der Waals surface area contributed by atoms with Gasteiger partial charge in [-0.15, -0.1) is 0 Å². The van der Waals surface area contributed by atoms with Gasteiger partial charge in [0.15, 0.2) is 0 Å². The molecule has 0 saturated carbocycles. The zero-order valence-corrected chi connectivity index (χ0v) is 13.1. The van der Waals surface area contributed by atoms with Crippen molar-refractivity contribution >= 4 is 33.5 Å². The second kappa shape index (κ2) is 12.3. The first-order valence-electron chi connectivity index (χ1n) is 6.61. The van der Waals surface area contributed by atoms with E-state index in [1.54, 1.807) is 21.6 Å². The van der Waals surface area contributed by atoms with Gasteiger partial charge in [0.25, 0.3) is 0 Å². The summed E-state index contributed by atoms with van der Waals surface area (Å²) in [4.78, 5) is 20.7. The quantitative estimate of drug-likeness (QED) is 0.297. The zero-order chi connectivity index (χ0) is 15.4. The molecule has 0 aromatic carbocycles. The Morgan fingerprint density at radius 1 is 0.800 bits per heavy atom. The Bertz CT molecular complexity index is 265. The molecule has 0 rings (SSSR count). The molecule has 6 nitrogen and oxygen atoms in total. The summed E-state index contributed by atoms with van der Waals surface area (Å²) in [6.45, 7) is 0. The topological polar surface area (TPSA) is 127 Å². The van der Waals surface area contributed by atoms with Gasteiger partial charge < -0.3 is 21.7 Å². The van der Waals surface area contributed by atoms with Crippen molar-refractivity contribution in [1.29, 1.82) is 0 Å². The van der Waals surface area contributed by atoms with Crippen LogP contribution in [0.5, 0.6) is 0 Å². The van der Waals surface area contributed by atoms with Crippen LogP contribution in [0.25, 0.3) is 0 Å². The van der Waals surface area contributed by atoms with Crippen LogP contribution in [0.1, 0.15) is 38.5 Å². The van der Waals surface area contributed by atoms with Crippen LogP contribution in [-0.4, -0.2) is 45.7 Å². The van der Waals surface area contributed by atoms with Gasteiger partial charge in [-0.3, -0.25) is 9.59 Å². The molecule has 0 amide bonds. The van der Waals surface area contributed by atoms with Crippen LogP contribution in [0.4, 0.5) is 0 Å². The van der Waals surface area contributed by atoms with Crippen molar-refractivity contribution in [2.75, 3.05) is 11.5 Å². The highest BCUT2D eigenvalue weighted by atomic mass is 33.1. The number of carboxylic acids is 2. The normalized spacial score (nSPS) is 13.9. The minimum atomic E-state index is -0.808. The Balaban J connectivity index is 3.35. The van der Waals surface area contributed by atoms with Gasteiger partial charge in [0.1, 0.15) is 0 Å². The lowest BCUT2D eigenvalue weighted by atomic mass is 10.1. The first-order valence-corrected chi connectivity index (χ1v) is 9.09. The Hall–Kier alpha value is -0.440. The number of carboxylic acid groups (broad SMARTS) is 2. The second-order valence-electron chi connectivity index (χ2n) is 4.61. The van der Waals surface area contributed by atoms with Gasteiger partial charge in [0.2, 0.25) is 0 Å². The highest BCUT2D eigenvalue weighted by Crippen LogP contribution is 2.24. The van der Waals surface area contributed by atoms with Crippen LogP contribution >= 0.6 is 21.6 Å². The predicted octanol–water partition coefficient (Wildman–Crippen LogP) is 1.53. The van der Waals surface area contributed by atoms with Crippen LogP contribution in [0, 0.1) is 0 Å². The van der Waals surface area contributed by atoms with Crippen molar-refractivity contribution in [3.8, 4) is 0 Å². The summed E-state index contributed by atoms with van der Waals surface area (Å²) in [7, 11) is 3.40. The molecular weight excluding hydrogens is 300 g/mol. The van der Waals surface area contributed by atoms with Gasteiger partial charge in [-0.25, -0.2) is 0 Å². The largest absolute Gasteiger partial charge is 0.481 e. The Labute approximate surface area is 127 Å². The lowest BCUT2D eigenvalue weighted by molar-refractivity contribution is -0.138. The van der Waals surface area contributed by atoms with Crippen LogP contribution in [0.15, 0.2) is 0 Å². The van der Waals surface area contributed by atoms with Crippen molar-refractivity contribution in [2.24, 2.45) is 11.5 Å². The summed E-state index contributed by atoms with van der Waals surface area (Å²) in [6, 6.07) is -0.117. The fourth-order valence-corrected chi connectivity index (χ4v) is 3.74. The van der Waals surface area contributed by atoms with Crippen LogP contribution < -0.4 is 11.5 Å². The van der Waals surface area contributed by atoms with E-state index < -0.39 is 11.9 Å². The Morgan fingerprint density at radius 3 is 1.45 bits per heavy atom. The fourth-order valence-electron chi connectivity index (χ4n) is 1.42. The van der Waals surface area contributed by atoms with Crippen molar-refractivity contribution in [3.05, 3.63) is 0 Å². The minimum Gasteiger partial charge on any atom is -0.481 e. The minimum absolute atomic E-state index is 0.0583. The smallest absolute Gasteiger partial charge is 0.303 e. The molecule has 0 aliphatic heterocycles. The highest BCUT2D eigenvalue weighted by molar-refractivity contribution is 8.76. The molecule has 0 aliphatic rings. The standard InChI is InChI=1S/C12H24N2O4S2/c13-9(1-3-11(15)16)5-7-19-20-8-6-10(14)2-4-12(17)18/h9-10H,1-8,13-14H2,(H,15,16)(H,17,18). The summed E-state index contributed by atoms with van der Waals surface area (Å²) in [5, 5.41) is 17.0. The van der Waals surface area contributed by atoms with Gasteiger partial charge >= 0.3 is 11.9 Å². The molecule has 0 heterocycles. The van der Waals surface area contributed by atoms with Gasteiger partial charge in [0.05, 0.1) is 0 Å². The SMILES string of the molecule is NC(CCSSCCC(N)CCC(=O)O)CCC(=O)O. The number of hydrogen-bond acceptors (Lipinski definition) is 6. The van der Waals surface area contributed by atoms with Crippen LogP contribution in [0.2, 0.25) is 0 Å². The number of rotatable bonds is 13. The van der Waals surface area contributed by atoms with E-state index in [0.717, 1.165) is 24.3 Å². The van der Waals surface area contributed by atoms with Crippen molar-refractivity contribution < 1.29 is 19.8 Å². The maximum atomic E-state index is 10.4. The molecule has 20 heavy (non-hydrogen) atoms. The van der Waals surface area contributed by atoms with E-state index in [-0.39, 0.29) is 24.9 Å². The van der Waals surface area contributed by atoms with Gasteiger partial charge in [-0.2, -0.15) is 0 Å². The molecular formula is C12H24N2O4S2. The number of hydrogen-bond donors (Lipinski definition) is 4. The van der Waals surface area contributed by atoms with E-state index in [0.29, 0.717) is 12.8 Å². The molecule has 0 aliphatic carbocycles. The summed E-state index contributed by atoms with van der Waals surface area (Å²) in [5.41, 5.74) is 11.6. The van der Waals surface area contributed by atoms with E-state index in [9.17, 15) is 9.59 Å². The molecule has 2 unspecified atom stereocenters. The van der Waals surface area contributed by atoms with Crippen LogP contribution in [-0.2, 0) is 9.59 Å². The number of aliphatic carboxylic acids is 2. The molecule has 8 heteroatoms. The molecule has 0 bridgehead atoms. The fraction of sp³-hybridized carbons (Fsp3) is 0.833. The lowest BCUT2D eigenvalue weighted by Gasteiger charge is -2.11. The average molecular weight is 324 g/mol. The summed E-state index contributed by atoms with van der Waals surface area (Å²) < 4.78 is 0. The van der Waals surface area contributed by atoms with Gasteiger partial charge in [0, 0.05) is 36.4 Å². The van der Waals surface area contributed by atoms with E-state index in [2.05, 4.69) is 0 Å². The molecule has 2 atom stereocenters. The van der Waals surface area contributed by atoms with Gasteiger partial charge in [-0.1, -0.05) is 21.6 Å². The van der Waals surface area contributed by atoms with Crippen LogP contribution in [0.3, 0.4) is 0 Å². The maximum Gasteiger partial charge on any atom is 0.303 e. The first kappa shape index (κ1) is 19.6. The third kappa shape index (κ3) is 14.0. The molecule has 0 radical (unpaired) electrons. The van der Waals surface area contributed by atoms with Crippen molar-refractivity contribution in [1.82, 2.24) is 0 Å². The molecule has 0 spiro atoms. The van der Waals surface area contributed by atoms with E-state index in [1.165, 1.54) is 0 Å². The molecule has 0 aromatic rings. The van der Waals surface area contributed by atoms with E-state index >= 15 is 0 Å². The van der Waals surface area contributed by atoms with Crippen molar-refractivity contribution in [2.45, 2.75) is 50.6 Å². The third-order valence-electron chi connectivity index (χ3n) is 2.69. The Kier molecular flexibility index (Phi) is 12.0. The lowest BCUT2D eigenvalue weighted by Crippen LogP contribution is -2.22. The Morgan fingerprint density at radius 2 is 1.15 bits per heavy atom. The molecule has 0 aromatic heterocycles. The van der Waals surface area contributed by atoms with E-state index in [4.69, 9.17) is 21.7 Å². The average Bonchev–Trinajstić information content (AvgIpc) is 2.37.